The van der Waals surface area contributed by atoms with E-state index >= 15 is 0 Å². The fraction of sp³-hybridized carbons (Fsp3) is 0. The summed E-state index contributed by atoms with van der Waals surface area (Å²) in [5.74, 6) is -6.84. The zero-order valence-electron chi connectivity index (χ0n) is 19.9. The van der Waals surface area contributed by atoms with Gasteiger partial charge in [-0.05, 0) is 48.5 Å². The van der Waals surface area contributed by atoms with Crippen LogP contribution >= 0.6 is 10.6 Å². The summed E-state index contributed by atoms with van der Waals surface area (Å²) in [6.45, 7) is 0. The quantitative estimate of drug-likeness (QED) is 0.193. The third-order valence-corrected chi connectivity index (χ3v) is 8.08. The highest BCUT2D eigenvalue weighted by Gasteiger charge is 2.35. The van der Waals surface area contributed by atoms with E-state index in [1.807, 2.05) is 0 Å². The summed E-state index contributed by atoms with van der Waals surface area (Å²) in [6.07, 6.45) is 0. The van der Waals surface area contributed by atoms with Crippen molar-refractivity contribution in [2.24, 2.45) is 0 Å². The molecule has 0 amide bonds. The minimum atomic E-state index is -3.37. The predicted octanol–water partition coefficient (Wildman–Crippen LogP) is 5.69. The van der Waals surface area contributed by atoms with Crippen molar-refractivity contribution in [3.63, 3.8) is 0 Å². The van der Waals surface area contributed by atoms with Crippen molar-refractivity contribution in [3.05, 3.63) is 119 Å². The van der Waals surface area contributed by atoms with Crippen LogP contribution in [0.5, 0.6) is 11.5 Å². The Bertz CT molecular complexity index is 1450. The molecule has 0 aromatic heterocycles. The van der Waals surface area contributed by atoms with E-state index in [4.69, 9.17) is 8.37 Å². The summed E-state index contributed by atoms with van der Waals surface area (Å²) in [7, 11) is -3.37. The van der Waals surface area contributed by atoms with Crippen LogP contribution < -0.4 is 8.37 Å². The zero-order chi connectivity index (χ0) is 28.2. The molecule has 10 nitrogen and oxygen atoms in total. The molecule has 0 unspecified atom stereocenters. The van der Waals surface area contributed by atoms with Gasteiger partial charge in [-0.25, -0.2) is 19.2 Å². The van der Waals surface area contributed by atoms with Crippen molar-refractivity contribution in [2.45, 2.75) is 9.79 Å². The molecule has 39 heavy (non-hydrogen) atoms. The Labute approximate surface area is 223 Å². The number of carbonyl (C=O) groups is 4. The molecule has 4 N–H and O–H groups in total. The summed E-state index contributed by atoms with van der Waals surface area (Å²) >= 11 is 0. The normalized spacial score (nSPS) is 11.3. The Hall–Kier alpha value is -5.29. The molecule has 0 spiro atoms. The van der Waals surface area contributed by atoms with Crippen molar-refractivity contribution in [3.8, 4) is 11.5 Å². The van der Waals surface area contributed by atoms with Gasteiger partial charge in [0.25, 0.3) is 0 Å². The van der Waals surface area contributed by atoms with E-state index in [9.17, 15) is 39.6 Å². The number of aromatic carboxylic acids is 4. The van der Waals surface area contributed by atoms with Crippen molar-refractivity contribution in [1.82, 2.24) is 0 Å². The number of carboxylic acid groups (broad SMARTS) is 4. The van der Waals surface area contributed by atoms with Gasteiger partial charge < -0.3 is 28.8 Å². The third kappa shape index (κ3) is 5.24. The van der Waals surface area contributed by atoms with Gasteiger partial charge in [-0.2, -0.15) is 0 Å². The number of benzene rings is 4. The standard InChI is InChI=1S/C28H20O10S/c29-25(30)19-13-7-15-21(23(19)27(33)34)37-39(17-9-3-1-4-10-17,18-11-5-2-6-12-18)38-22-16-8-14-20(26(31)32)24(22)28(35)36/h1-16H,(H,29,30)(H,31,32)(H,33,34)(H,35,36). The average Bonchev–Trinajstić information content (AvgIpc) is 2.93. The van der Waals surface area contributed by atoms with Crippen LogP contribution in [0, 0.1) is 0 Å². The van der Waals surface area contributed by atoms with Crippen LogP contribution in [0.15, 0.2) is 107 Å². The molecule has 0 saturated carbocycles. The lowest BCUT2D eigenvalue weighted by Gasteiger charge is -2.44. The number of hydrogen-bond acceptors (Lipinski definition) is 6. The minimum absolute atomic E-state index is 0.351. The largest absolute Gasteiger partial charge is 0.478 e. The molecule has 0 bridgehead atoms. The second kappa shape index (κ2) is 11.0. The lowest BCUT2D eigenvalue weighted by Crippen LogP contribution is -2.20. The lowest BCUT2D eigenvalue weighted by molar-refractivity contribution is 0.0649. The second-order valence-corrected chi connectivity index (χ2v) is 10.2. The summed E-state index contributed by atoms with van der Waals surface area (Å²) in [5.41, 5.74) is -2.35. The van der Waals surface area contributed by atoms with Crippen molar-refractivity contribution < 1.29 is 48.0 Å². The summed E-state index contributed by atoms with van der Waals surface area (Å²) in [6, 6.07) is 23.9. The van der Waals surface area contributed by atoms with Gasteiger partial charge in [-0.1, -0.05) is 59.1 Å². The SMILES string of the molecule is O=C(O)c1cccc(OS(Oc2cccc(C(=O)O)c2C(=O)O)(c2ccccc2)c2ccccc2)c1C(=O)O. The molecule has 0 aliphatic rings. The maximum Gasteiger partial charge on any atom is 0.340 e. The van der Waals surface area contributed by atoms with E-state index in [-0.39, 0.29) is 11.5 Å². The summed E-state index contributed by atoms with van der Waals surface area (Å²) < 4.78 is 12.7. The van der Waals surface area contributed by atoms with Crippen LogP contribution in [0.4, 0.5) is 0 Å². The second-order valence-electron chi connectivity index (χ2n) is 7.87. The Morgan fingerprint density at radius 1 is 0.462 bits per heavy atom. The van der Waals surface area contributed by atoms with Gasteiger partial charge in [0.05, 0.1) is 20.9 Å². The highest BCUT2D eigenvalue weighted by Crippen LogP contribution is 2.64. The molecule has 0 heterocycles. The first-order chi connectivity index (χ1) is 18.7. The Balaban J connectivity index is 2.07. The van der Waals surface area contributed by atoms with Gasteiger partial charge >= 0.3 is 23.9 Å². The molecular weight excluding hydrogens is 528 g/mol. The van der Waals surface area contributed by atoms with E-state index < -0.39 is 56.7 Å². The van der Waals surface area contributed by atoms with E-state index in [0.717, 1.165) is 12.1 Å². The third-order valence-electron chi connectivity index (χ3n) is 5.46. The maximum absolute atomic E-state index is 12.2. The Morgan fingerprint density at radius 3 is 1.13 bits per heavy atom. The molecule has 198 valence electrons. The van der Waals surface area contributed by atoms with Gasteiger partial charge in [0.15, 0.2) is 11.5 Å². The van der Waals surface area contributed by atoms with E-state index in [1.54, 1.807) is 60.7 Å². The fourth-order valence-corrected chi connectivity index (χ4v) is 6.30. The van der Waals surface area contributed by atoms with E-state index in [2.05, 4.69) is 0 Å². The average molecular weight is 549 g/mol. The molecule has 0 atom stereocenters. The molecule has 4 aromatic rings. The number of carboxylic acids is 4. The molecule has 0 radical (unpaired) electrons. The van der Waals surface area contributed by atoms with Gasteiger partial charge in [0, 0.05) is 0 Å². The molecule has 11 heteroatoms. The molecule has 0 fully saturated rings. The van der Waals surface area contributed by atoms with Crippen molar-refractivity contribution >= 4 is 34.5 Å². The molecular formula is C28H20O10S. The van der Waals surface area contributed by atoms with Crippen molar-refractivity contribution in [2.75, 3.05) is 0 Å². The number of rotatable bonds is 10. The van der Waals surface area contributed by atoms with Gasteiger partial charge in [-0.3, -0.25) is 0 Å². The monoisotopic (exact) mass is 548 g/mol. The van der Waals surface area contributed by atoms with E-state index in [0.29, 0.717) is 9.79 Å². The van der Waals surface area contributed by atoms with Crippen LogP contribution in [0.1, 0.15) is 41.4 Å². The fourth-order valence-electron chi connectivity index (χ4n) is 3.80. The van der Waals surface area contributed by atoms with Crippen molar-refractivity contribution in [1.29, 1.82) is 0 Å². The molecule has 0 saturated heterocycles. The molecule has 4 aromatic carbocycles. The topological polar surface area (TPSA) is 168 Å². The van der Waals surface area contributed by atoms with Gasteiger partial charge in [-0.15, -0.1) is 0 Å². The first-order valence-corrected chi connectivity index (χ1v) is 12.7. The van der Waals surface area contributed by atoms with Crippen LogP contribution in [-0.2, 0) is 0 Å². The Morgan fingerprint density at radius 2 is 0.821 bits per heavy atom. The first kappa shape index (κ1) is 26.8. The molecule has 4 rings (SSSR count). The highest BCUT2D eigenvalue weighted by molar-refractivity contribution is 8.26. The minimum Gasteiger partial charge on any atom is -0.478 e. The van der Waals surface area contributed by atoms with Crippen LogP contribution in [0.2, 0.25) is 0 Å². The van der Waals surface area contributed by atoms with Gasteiger partial charge in [0.1, 0.15) is 11.1 Å². The summed E-state index contributed by atoms with van der Waals surface area (Å²) in [5, 5.41) is 39.1. The molecule has 0 aliphatic carbocycles. The zero-order valence-corrected chi connectivity index (χ0v) is 20.7. The Kier molecular flexibility index (Phi) is 7.54. The lowest BCUT2D eigenvalue weighted by atomic mass is 10.1. The van der Waals surface area contributed by atoms with Gasteiger partial charge in [0.2, 0.25) is 0 Å². The van der Waals surface area contributed by atoms with E-state index in [1.165, 1.54) is 24.3 Å². The highest BCUT2D eigenvalue weighted by atomic mass is 32.3. The number of hydrogen-bond donors (Lipinski definition) is 4. The smallest absolute Gasteiger partial charge is 0.340 e. The van der Waals surface area contributed by atoms with Crippen LogP contribution in [0.25, 0.3) is 0 Å². The maximum atomic E-state index is 12.2. The molecule has 0 aliphatic heterocycles. The predicted molar refractivity (Wildman–Crippen MR) is 139 cm³/mol. The first-order valence-electron chi connectivity index (χ1n) is 11.2. The summed E-state index contributed by atoms with van der Waals surface area (Å²) in [4.78, 5) is 48.8. The van der Waals surface area contributed by atoms with Crippen LogP contribution in [0.3, 0.4) is 0 Å². The van der Waals surface area contributed by atoms with Crippen LogP contribution in [-0.4, -0.2) is 44.3 Å².